The fourth-order valence-electron chi connectivity index (χ4n) is 1.57. The van der Waals surface area contributed by atoms with Gasteiger partial charge < -0.3 is 10.6 Å². The molecule has 0 saturated carbocycles. The first kappa shape index (κ1) is 13.5. The molecule has 0 unspecified atom stereocenters. The molecule has 0 atom stereocenters. The molecule has 1 amide bonds. The zero-order valence-corrected chi connectivity index (χ0v) is 11.0. The third kappa shape index (κ3) is 3.51. The van der Waals surface area contributed by atoms with Crippen LogP contribution in [0.4, 0.5) is 20.2 Å². The van der Waals surface area contributed by atoms with Crippen LogP contribution in [0.3, 0.4) is 0 Å². The molecule has 0 radical (unpaired) electrons. The predicted octanol–water partition coefficient (Wildman–Crippen LogP) is 3.60. The van der Waals surface area contributed by atoms with Gasteiger partial charge in [-0.15, -0.1) is 11.3 Å². The van der Waals surface area contributed by atoms with Gasteiger partial charge in [0.2, 0.25) is 5.91 Å². The molecule has 3 nitrogen and oxygen atoms in total. The molecule has 0 bridgehead atoms. The van der Waals surface area contributed by atoms with Crippen LogP contribution in [0.1, 0.15) is 11.8 Å². The zero-order chi connectivity index (χ0) is 13.8. The summed E-state index contributed by atoms with van der Waals surface area (Å²) >= 11 is 1.47. The minimum absolute atomic E-state index is 0.146. The molecule has 1 heterocycles. The maximum atomic E-state index is 13.0. The number of carbonyl (C=O) groups excluding carboxylic acids is 1. The SMILES string of the molecule is CC(=O)Nc1ccsc1CNc1ccc(F)c(F)c1. The predicted molar refractivity (Wildman–Crippen MR) is 72.3 cm³/mol. The van der Waals surface area contributed by atoms with Gasteiger partial charge in [0.05, 0.1) is 12.2 Å². The second kappa shape index (κ2) is 5.79. The second-order valence-electron chi connectivity index (χ2n) is 3.92. The number of carbonyl (C=O) groups is 1. The van der Waals surface area contributed by atoms with E-state index in [0.717, 1.165) is 22.7 Å². The minimum atomic E-state index is -0.890. The molecule has 1 aromatic carbocycles. The summed E-state index contributed by atoms with van der Waals surface area (Å²) in [5.74, 6) is -1.91. The summed E-state index contributed by atoms with van der Waals surface area (Å²) < 4.78 is 25.8. The van der Waals surface area contributed by atoms with Gasteiger partial charge in [0.15, 0.2) is 11.6 Å². The van der Waals surface area contributed by atoms with Gasteiger partial charge >= 0.3 is 0 Å². The lowest BCUT2D eigenvalue weighted by molar-refractivity contribution is -0.114. The van der Waals surface area contributed by atoms with Gasteiger partial charge in [-0.2, -0.15) is 0 Å². The van der Waals surface area contributed by atoms with Crippen LogP contribution in [0.2, 0.25) is 0 Å². The molecule has 1 aromatic heterocycles. The molecule has 19 heavy (non-hydrogen) atoms. The van der Waals surface area contributed by atoms with Crippen molar-refractivity contribution in [2.24, 2.45) is 0 Å². The van der Waals surface area contributed by atoms with Gasteiger partial charge in [0, 0.05) is 23.6 Å². The standard InChI is InChI=1S/C13H12F2N2OS/c1-8(18)17-12-4-5-19-13(12)7-16-9-2-3-10(14)11(15)6-9/h2-6,16H,7H2,1H3,(H,17,18). The van der Waals surface area contributed by atoms with Gasteiger partial charge in [-0.3, -0.25) is 4.79 Å². The van der Waals surface area contributed by atoms with Crippen LogP contribution >= 0.6 is 11.3 Å². The number of rotatable bonds is 4. The number of anilines is 2. The van der Waals surface area contributed by atoms with E-state index in [4.69, 9.17) is 0 Å². The molecule has 0 fully saturated rings. The maximum Gasteiger partial charge on any atom is 0.221 e. The molecule has 6 heteroatoms. The van der Waals surface area contributed by atoms with Crippen LogP contribution in [0.5, 0.6) is 0 Å². The van der Waals surface area contributed by atoms with E-state index in [9.17, 15) is 13.6 Å². The van der Waals surface area contributed by atoms with Gasteiger partial charge in [0.25, 0.3) is 0 Å². The average molecular weight is 282 g/mol. The Morgan fingerprint density at radius 2 is 2.05 bits per heavy atom. The molecule has 2 N–H and O–H groups in total. The van der Waals surface area contributed by atoms with E-state index in [1.807, 2.05) is 5.38 Å². The summed E-state index contributed by atoms with van der Waals surface area (Å²) in [6.45, 7) is 1.86. The van der Waals surface area contributed by atoms with Crippen molar-refractivity contribution < 1.29 is 13.6 Å². The smallest absolute Gasteiger partial charge is 0.221 e. The lowest BCUT2D eigenvalue weighted by atomic mass is 10.3. The van der Waals surface area contributed by atoms with Crippen molar-refractivity contribution in [2.45, 2.75) is 13.5 Å². The zero-order valence-electron chi connectivity index (χ0n) is 10.2. The molecule has 0 saturated heterocycles. The van der Waals surface area contributed by atoms with E-state index < -0.39 is 11.6 Å². The van der Waals surface area contributed by atoms with E-state index in [1.54, 1.807) is 6.07 Å². The normalized spacial score (nSPS) is 10.3. The third-order valence-electron chi connectivity index (χ3n) is 2.43. The van der Waals surface area contributed by atoms with Crippen LogP contribution in [0.15, 0.2) is 29.6 Å². The second-order valence-corrected chi connectivity index (χ2v) is 4.92. The number of halogens is 2. The number of hydrogen-bond donors (Lipinski definition) is 2. The lowest BCUT2D eigenvalue weighted by Gasteiger charge is -2.08. The Kier molecular flexibility index (Phi) is 4.11. The Labute approximate surface area is 113 Å². The lowest BCUT2D eigenvalue weighted by Crippen LogP contribution is -2.08. The van der Waals surface area contributed by atoms with E-state index in [-0.39, 0.29) is 5.91 Å². The van der Waals surface area contributed by atoms with Gasteiger partial charge in [0.1, 0.15) is 0 Å². The summed E-state index contributed by atoms with van der Waals surface area (Å²) in [4.78, 5) is 11.9. The largest absolute Gasteiger partial charge is 0.380 e. The van der Waals surface area contributed by atoms with Gasteiger partial charge in [-0.05, 0) is 23.6 Å². The van der Waals surface area contributed by atoms with Crippen molar-refractivity contribution in [3.8, 4) is 0 Å². The van der Waals surface area contributed by atoms with Crippen molar-refractivity contribution in [3.63, 3.8) is 0 Å². The highest BCUT2D eigenvalue weighted by atomic mass is 32.1. The van der Waals surface area contributed by atoms with E-state index >= 15 is 0 Å². The van der Waals surface area contributed by atoms with Crippen molar-refractivity contribution in [2.75, 3.05) is 10.6 Å². The molecule has 0 aliphatic heterocycles. The van der Waals surface area contributed by atoms with Crippen LogP contribution in [-0.4, -0.2) is 5.91 Å². The quantitative estimate of drug-likeness (QED) is 0.899. The van der Waals surface area contributed by atoms with Crippen LogP contribution in [0, 0.1) is 11.6 Å². The van der Waals surface area contributed by atoms with Crippen LogP contribution in [0.25, 0.3) is 0 Å². The molecular formula is C13H12F2N2OS. The van der Waals surface area contributed by atoms with Crippen molar-refractivity contribution in [1.82, 2.24) is 0 Å². The summed E-state index contributed by atoms with van der Waals surface area (Å²) in [7, 11) is 0. The first-order valence-electron chi connectivity index (χ1n) is 5.59. The highest BCUT2D eigenvalue weighted by Crippen LogP contribution is 2.24. The summed E-state index contributed by atoms with van der Waals surface area (Å²) in [6, 6.07) is 5.43. The molecule has 0 aliphatic rings. The number of benzene rings is 1. The Morgan fingerprint density at radius 1 is 1.26 bits per heavy atom. The van der Waals surface area contributed by atoms with Gasteiger partial charge in [-0.1, -0.05) is 0 Å². The average Bonchev–Trinajstić information content (AvgIpc) is 2.77. The Morgan fingerprint density at radius 3 is 2.74 bits per heavy atom. The summed E-state index contributed by atoms with van der Waals surface area (Å²) in [5, 5.41) is 7.54. The first-order chi connectivity index (χ1) is 9.06. The van der Waals surface area contributed by atoms with E-state index in [0.29, 0.717) is 12.2 Å². The highest BCUT2D eigenvalue weighted by molar-refractivity contribution is 7.10. The first-order valence-corrected chi connectivity index (χ1v) is 6.47. The number of hydrogen-bond acceptors (Lipinski definition) is 3. The van der Waals surface area contributed by atoms with Crippen molar-refractivity contribution in [1.29, 1.82) is 0 Å². The van der Waals surface area contributed by atoms with E-state index in [1.165, 1.54) is 24.3 Å². The Bertz CT molecular complexity index is 598. The number of amides is 1. The monoisotopic (exact) mass is 282 g/mol. The van der Waals surface area contributed by atoms with Crippen LogP contribution in [-0.2, 0) is 11.3 Å². The van der Waals surface area contributed by atoms with Gasteiger partial charge in [-0.25, -0.2) is 8.78 Å². The molecule has 2 aromatic rings. The summed E-state index contributed by atoms with van der Waals surface area (Å²) in [6.07, 6.45) is 0. The number of thiophene rings is 1. The molecular weight excluding hydrogens is 270 g/mol. The number of nitrogens with one attached hydrogen (secondary N) is 2. The highest BCUT2D eigenvalue weighted by Gasteiger charge is 2.07. The van der Waals surface area contributed by atoms with Crippen LogP contribution < -0.4 is 10.6 Å². The van der Waals surface area contributed by atoms with Crippen molar-refractivity contribution >= 4 is 28.6 Å². The minimum Gasteiger partial charge on any atom is -0.380 e. The fourth-order valence-corrected chi connectivity index (χ4v) is 2.34. The maximum absolute atomic E-state index is 13.0. The fraction of sp³-hybridized carbons (Fsp3) is 0.154. The molecule has 2 rings (SSSR count). The summed E-state index contributed by atoms with van der Waals surface area (Å²) in [5.41, 5.74) is 1.22. The van der Waals surface area contributed by atoms with E-state index in [2.05, 4.69) is 10.6 Å². The molecule has 0 spiro atoms. The molecule has 0 aliphatic carbocycles. The van der Waals surface area contributed by atoms with Crippen molar-refractivity contribution in [3.05, 3.63) is 46.2 Å². The topological polar surface area (TPSA) is 41.1 Å². The molecule has 100 valence electrons. The third-order valence-corrected chi connectivity index (χ3v) is 3.35. The Balaban J connectivity index is 2.04. The Hall–Kier alpha value is -1.95.